The Balaban J connectivity index is 1.74. The second kappa shape index (κ2) is 5.67. The molecule has 2 atom stereocenters. The van der Waals surface area contributed by atoms with E-state index in [0.717, 1.165) is 44.1 Å². The van der Waals surface area contributed by atoms with Gasteiger partial charge < -0.3 is 14.2 Å². The van der Waals surface area contributed by atoms with Crippen molar-refractivity contribution in [2.24, 2.45) is 5.92 Å². The molecule has 3 saturated heterocycles. The number of aryl methyl sites for hydroxylation is 2. The molecule has 0 N–H and O–H groups in total. The fourth-order valence-electron chi connectivity index (χ4n) is 3.60. The van der Waals surface area contributed by atoms with Crippen LogP contribution in [0.1, 0.15) is 29.9 Å². The Labute approximate surface area is 125 Å². The first-order chi connectivity index (χ1) is 10.1. The highest BCUT2D eigenvalue weighted by atomic mass is 16.5. The van der Waals surface area contributed by atoms with Crippen LogP contribution in [-0.2, 0) is 11.3 Å². The van der Waals surface area contributed by atoms with Crippen molar-refractivity contribution in [3.05, 3.63) is 17.0 Å². The predicted octanol–water partition coefficient (Wildman–Crippen LogP) is 1.95. The highest BCUT2D eigenvalue weighted by molar-refractivity contribution is 5.68. The molecule has 0 saturated carbocycles. The highest BCUT2D eigenvalue weighted by Gasteiger charge is 2.37. The minimum Gasteiger partial charge on any atom is -0.453 e. The first kappa shape index (κ1) is 14.4. The van der Waals surface area contributed by atoms with Gasteiger partial charge in [0.15, 0.2) is 0 Å². The number of methoxy groups -OCH3 is 1. The van der Waals surface area contributed by atoms with Gasteiger partial charge in [-0.3, -0.25) is 4.90 Å². The molecule has 0 aliphatic carbocycles. The fourth-order valence-corrected chi connectivity index (χ4v) is 3.60. The van der Waals surface area contributed by atoms with E-state index in [1.54, 1.807) is 0 Å². The third-order valence-corrected chi connectivity index (χ3v) is 4.76. The summed E-state index contributed by atoms with van der Waals surface area (Å²) in [6.07, 6.45) is 2.07. The Morgan fingerprint density at radius 1 is 1.33 bits per heavy atom. The van der Waals surface area contributed by atoms with Gasteiger partial charge in [-0.25, -0.2) is 4.79 Å². The Morgan fingerprint density at radius 3 is 2.81 bits per heavy atom. The van der Waals surface area contributed by atoms with Crippen molar-refractivity contribution in [1.82, 2.24) is 15.0 Å². The summed E-state index contributed by atoms with van der Waals surface area (Å²) in [5.74, 6) is 1.43. The lowest BCUT2D eigenvalue weighted by Crippen LogP contribution is -2.47. The Morgan fingerprint density at radius 2 is 2.14 bits per heavy atom. The molecule has 0 aromatic carbocycles. The van der Waals surface area contributed by atoms with E-state index in [4.69, 9.17) is 9.26 Å². The highest BCUT2D eigenvalue weighted by Crippen LogP contribution is 2.29. The first-order valence-electron chi connectivity index (χ1n) is 7.57. The maximum absolute atomic E-state index is 11.9. The van der Waals surface area contributed by atoms with Gasteiger partial charge >= 0.3 is 6.09 Å². The van der Waals surface area contributed by atoms with Crippen LogP contribution in [0.25, 0.3) is 0 Å². The summed E-state index contributed by atoms with van der Waals surface area (Å²) in [6.45, 7) is 7.53. The summed E-state index contributed by atoms with van der Waals surface area (Å²) in [5.41, 5.74) is 2.15. The number of nitrogens with zero attached hydrogens (tertiary/aromatic N) is 3. The molecule has 4 heterocycles. The fraction of sp³-hybridized carbons (Fsp3) is 0.733. The third kappa shape index (κ3) is 2.77. The second-order valence-corrected chi connectivity index (χ2v) is 6.22. The minimum atomic E-state index is -0.191. The number of amides is 1. The Hall–Kier alpha value is -1.56. The largest absolute Gasteiger partial charge is 0.453 e. The summed E-state index contributed by atoms with van der Waals surface area (Å²) >= 11 is 0. The first-order valence-corrected chi connectivity index (χ1v) is 7.57. The van der Waals surface area contributed by atoms with E-state index in [0.29, 0.717) is 5.92 Å². The van der Waals surface area contributed by atoms with Crippen molar-refractivity contribution in [1.29, 1.82) is 0 Å². The monoisotopic (exact) mass is 293 g/mol. The lowest BCUT2D eigenvalue weighted by molar-refractivity contribution is 0.0833. The molecular weight excluding hydrogens is 270 g/mol. The lowest BCUT2D eigenvalue weighted by Gasteiger charge is -2.34. The summed E-state index contributed by atoms with van der Waals surface area (Å²) in [4.78, 5) is 16.2. The van der Waals surface area contributed by atoms with Crippen LogP contribution < -0.4 is 0 Å². The van der Waals surface area contributed by atoms with Crippen LogP contribution >= 0.6 is 0 Å². The average Bonchev–Trinajstić information content (AvgIpc) is 2.69. The van der Waals surface area contributed by atoms with E-state index in [-0.39, 0.29) is 12.1 Å². The molecule has 1 aromatic rings. The zero-order valence-electron chi connectivity index (χ0n) is 13.0. The van der Waals surface area contributed by atoms with Gasteiger partial charge in [0.2, 0.25) is 0 Å². The number of aromatic nitrogens is 1. The molecular formula is C15H23N3O3. The zero-order chi connectivity index (χ0) is 15.0. The van der Waals surface area contributed by atoms with Crippen molar-refractivity contribution in [2.45, 2.75) is 39.3 Å². The van der Waals surface area contributed by atoms with E-state index in [2.05, 4.69) is 10.1 Å². The molecule has 2 bridgehead atoms. The second-order valence-electron chi connectivity index (χ2n) is 6.22. The zero-order valence-corrected chi connectivity index (χ0v) is 13.0. The molecule has 1 aromatic heterocycles. The van der Waals surface area contributed by atoms with E-state index < -0.39 is 0 Å². The van der Waals surface area contributed by atoms with Gasteiger partial charge in [-0.2, -0.15) is 0 Å². The summed E-state index contributed by atoms with van der Waals surface area (Å²) in [5, 5.41) is 4.03. The van der Waals surface area contributed by atoms with Crippen LogP contribution in [0, 0.1) is 19.8 Å². The van der Waals surface area contributed by atoms with E-state index in [9.17, 15) is 4.79 Å². The molecule has 3 aliphatic heterocycles. The van der Waals surface area contributed by atoms with Crippen LogP contribution in [-0.4, -0.2) is 53.8 Å². The molecule has 0 spiro atoms. The average molecular weight is 293 g/mol. The van der Waals surface area contributed by atoms with Gasteiger partial charge in [0.25, 0.3) is 0 Å². The molecule has 3 aliphatic rings. The van der Waals surface area contributed by atoms with E-state index in [1.165, 1.54) is 19.1 Å². The van der Waals surface area contributed by atoms with Gasteiger partial charge in [-0.05, 0) is 32.6 Å². The van der Waals surface area contributed by atoms with Crippen molar-refractivity contribution in [3.8, 4) is 0 Å². The molecule has 6 heteroatoms. The van der Waals surface area contributed by atoms with Crippen molar-refractivity contribution in [2.75, 3.05) is 26.7 Å². The van der Waals surface area contributed by atoms with Crippen LogP contribution in [0.3, 0.4) is 0 Å². The Bertz CT molecular complexity index is 509. The van der Waals surface area contributed by atoms with Crippen LogP contribution in [0.4, 0.5) is 4.79 Å². The Kier molecular flexibility index (Phi) is 3.89. The smallest absolute Gasteiger partial charge is 0.409 e. The minimum absolute atomic E-state index is 0.191. The molecule has 0 unspecified atom stereocenters. The molecule has 21 heavy (non-hydrogen) atoms. The van der Waals surface area contributed by atoms with Crippen molar-refractivity contribution in [3.63, 3.8) is 0 Å². The molecule has 4 rings (SSSR count). The summed E-state index contributed by atoms with van der Waals surface area (Å²) in [7, 11) is 1.46. The number of hydrogen-bond acceptors (Lipinski definition) is 5. The van der Waals surface area contributed by atoms with Gasteiger partial charge in [-0.1, -0.05) is 5.16 Å². The normalized spacial score (nSPS) is 26.0. The van der Waals surface area contributed by atoms with Gasteiger partial charge in [0.1, 0.15) is 5.76 Å². The number of carbonyl (C=O) groups is 1. The standard InChI is InChI=1S/C15H23N3O3/c1-10-14(11(2)21-16-10)9-17-6-12-4-5-13(8-17)18(7-12)15(19)20-3/h12-13H,4-9H2,1-3H3/t12-,13+/m0/s1. The number of ether oxygens (including phenoxy) is 1. The summed E-state index contributed by atoms with van der Waals surface area (Å²) < 4.78 is 10.2. The van der Waals surface area contributed by atoms with E-state index in [1.807, 2.05) is 18.7 Å². The van der Waals surface area contributed by atoms with Crippen LogP contribution in [0.15, 0.2) is 4.52 Å². The third-order valence-electron chi connectivity index (χ3n) is 4.76. The van der Waals surface area contributed by atoms with Crippen LogP contribution in [0.2, 0.25) is 0 Å². The molecule has 3 fully saturated rings. The van der Waals surface area contributed by atoms with Crippen LogP contribution in [0.5, 0.6) is 0 Å². The number of carbonyl (C=O) groups excluding carboxylic acids is 1. The van der Waals surface area contributed by atoms with Gasteiger partial charge in [-0.15, -0.1) is 0 Å². The molecule has 0 radical (unpaired) electrons. The number of fused-ring (bicyclic) bond motifs is 4. The molecule has 116 valence electrons. The molecule has 6 nitrogen and oxygen atoms in total. The quantitative estimate of drug-likeness (QED) is 0.834. The van der Waals surface area contributed by atoms with Gasteiger partial charge in [0.05, 0.1) is 12.8 Å². The summed E-state index contributed by atoms with van der Waals surface area (Å²) in [6, 6.07) is 0.261. The molecule has 1 amide bonds. The number of hydrogen-bond donors (Lipinski definition) is 0. The maximum Gasteiger partial charge on any atom is 0.409 e. The maximum atomic E-state index is 11.9. The topological polar surface area (TPSA) is 58.8 Å². The lowest BCUT2D eigenvalue weighted by atomic mass is 9.95. The van der Waals surface area contributed by atoms with E-state index >= 15 is 0 Å². The van der Waals surface area contributed by atoms with Gasteiger partial charge in [0, 0.05) is 37.8 Å². The SMILES string of the molecule is COC(=O)N1C[C@H]2CC[C@@H]1CN(Cc1c(C)noc1C)C2. The number of piperidine rings is 1. The predicted molar refractivity (Wildman–Crippen MR) is 76.9 cm³/mol. The number of rotatable bonds is 2. The van der Waals surface area contributed by atoms with Crippen molar-refractivity contribution < 1.29 is 14.1 Å². The van der Waals surface area contributed by atoms with Crippen molar-refractivity contribution >= 4 is 6.09 Å².